The molecule has 0 fully saturated rings. The van der Waals surface area contributed by atoms with E-state index in [9.17, 15) is 18.0 Å². The first-order chi connectivity index (χ1) is 15.9. The molecule has 0 saturated carbocycles. The Morgan fingerprint density at radius 3 is 2.18 bits per heavy atom. The SMILES string of the molecule is CC[C@H](C(=O)NC(C)C)N(Cc1ccccc1Cl)C(=O)CN(c1cccc(Cl)c1Cl)S(C)(=O)=O. The van der Waals surface area contributed by atoms with E-state index in [2.05, 4.69) is 5.32 Å². The average molecular weight is 549 g/mol. The number of hydrogen-bond donors (Lipinski definition) is 1. The summed E-state index contributed by atoms with van der Waals surface area (Å²) in [5.41, 5.74) is 0.697. The van der Waals surface area contributed by atoms with E-state index >= 15 is 0 Å². The van der Waals surface area contributed by atoms with Crippen molar-refractivity contribution < 1.29 is 18.0 Å². The average Bonchev–Trinajstić information content (AvgIpc) is 2.74. The summed E-state index contributed by atoms with van der Waals surface area (Å²) < 4.78 is 26.2. The van der Waals surface area contributed by atoms with Crippen LogP contribution in [-0.2, 0) is 26.2 Å². The summed E-state index contributed by atoms with van der Waals surface area (Å²) in [6, 6.07) is 10.5. The highest BCUT2D eigenvalue weighted by Crippen LogP contribution is 2.34. The zero-order chi connectivity index (χ0) is 25.6. The second-order valence-corrected chi connectivity index (χ2v) is 11.1. The third-order valence-corrected chi connectivity index (χ3v) is 7.30. The molecule has 2 aromatic carbocycles. The fourth-order valence-corrected chi connectivity index (χ4v) is 4.89. The number of carbonyl (C=O) groups is 2. The maximum atomic E-state index is 13.6. The van der Waals surface area contributed by atoms with Gasteiger partial charge < -0.3 is 10.2 Å². The maximum absolute atomic E-state index is 13.6. The third kappa shape index (κ3) is 7.25. The van der Waals surface area contributed by atoms with Gasteiger partial charge in [-0.05, 0) is 44.0 Å². The Bertz CT molecular complexity index is 1140. The molecule has 0 aliphatic rings. The quantitative estimate of drug-likeness (QED) is 0.464. The molecule has 2 amide bonds. The molecule has 0 aliphatic heterocycles. The van der Waals surface area contributed by atoms with Crippen molar-refractivity contribution in [1.82, 2.24) is 10.2 Å². The number of halogens is 3. The van der Waals surface area contributed by atoms with Crippen LogP contribution in [-0.4, -0.2) is 50.0 Å². The van der Waals surface area contributed by atoms with Crippen molar-refractivity contribution in [1.29, 1.82) is 0 Å². The molecular formula is C23H28Cl3N3O4S. The van der Waals surface area contributed by atoms with Crippen molar-refractivity contribution in [2.24, 2.45) is 0 Å². The molecule has 2 aromatic rings. The van der Waals surface area contributed by atoms with Gasteiger partial charge in [0.05, 0.1) is 22.0 Å². The van der Waals surface area contributed by atoms with Crippen molar-refractivity contribution >= 4 is 62.3 Å². The van der Waals surface area contributed by atoms with Crippen LogP contribution in [0.15, 0.2) is 42.5 Å². The number of anilines is 1. The zero-order valence-electron chi connectivity index (χ0n) is 19.4. The predicted molar refractivity (Wildman–Crippen MR) is 138 cm³/mol. The molecule has 0 spiro atoms. The van der Waals surface area contributed by atoms with Crippen LogP contribution in [0, 0.1) is 0 Å². The molecule has 0 heterocycles. The molecule has 186 valence electrons. The second-order valence-electron chi connectivity index (χ2n) is 8.04. The molecule has 34 heavy (non-hydrogen) atoms. The van der Waals surface area contributed by atoms with Gasteiger partial charge in [-0.25, -0.2) is 8.42 Å². The molecule has 0 radical (unpaired) electrons. The minimum absolute atomic E-state index is 0.00429. The van der Waals surface area contributed by atoms with Gasteiger partial charge in [-0.2, -0.15) is 0 Å². The molecule has 7 nitrogen and oxygen atoms in total. The lowest BCUT2D eigenvalue weighted by Gasteiger charge is -2.33. The number of hydrogen-bond acceptors (Lipinski definition) is 4. The van der Waals surface area contributed by atoms with Crippen LogP contribution in [0.3, 0.4) is 0 Å². The largest absolute Gasteiger partial charge is 0.352 e. The van der Waals surface area contributed by atoms with Gasteiger partial charge in [0.1, 0.15) is 12.6 Å². The van der Waals surface area contributed by atoms with E-state index < -0.39 is 28.5 Å². The van der Waals surface area contributed by atoms with Crippen molar-refractivity contribution in [2.75, 3.05) is 17.1 Å². The first-order valence-electron chi connectivity index (χ1n) is 10.6. The smallest absolute Gasteiger partial charge is 0.244 e. The monoisotopic (exact) mass is 547 g/mol. The summed E-state index contributed by atoms with van der Waals surface area (Å²) in [5.74, 6) is -0.934. The van der Waals surface area contributed by atoms with Crippen LogP contribution in [0.5, 0.6) is 0 Å². The number of amides is 2. The van der Waals surface area contributed by atoms with E-state index in [-0.39, 0.29) is 34.2 Å². The van der Waals surface area contributed by atoms with E-state index in [0.29, 0.717) is 17.0 Å². The normalized spacial score (nSPS) is 12.4. The van der Waals surface area contributed by atoms with Crippen molar-refractivity contribution in [3.8, 4) is 0 Å². The fourth-order valence-electron chi connectivity index (χ4n) is 3.39. The van der Waals surface area contributed by atoms with Gasteiger partial charge in [0.15, 0.2) is 0 Å². The lowest BCUT2D eigenvalue weighted by molar-refractivity contribution is -0.140. The Labute approximate surface area is 216 Å². The molecule has 0 aliphatic carbocycles. The van der Waals surface area contributed by atoms with Gasteiger partial charge in [0, 0.05) is 17.6 Å². The number of benzene rings is 2. The van der Waals surface area contributed by atoms with Gasteiger partial charge in [-0.3, -0.25) is 13.9 Å². The van der Waals surface area contributed by atoms with Gasteiger partial charge in [-0.1, -0.05) is 66.0 Å². The van der Waals surface area contributed by atoms with Crippen molar-refractivity contribution in [3.05, 3.63) is 63.1 Å². The maximum Gasteiger partial charge on any atom is 0.244 e. The number of rotatable bonds is 10. The lowest BCUT2D eigenvalue weighted by Crippen LogP contribution is -2.53. The topological polar surface area (TPSA) is 86.8 Å². The molecule has 0 saturated heterocycles. The summed E-state index contributed by atoms with van der Waals surface area (Å²) >= 11 is 18.7. The summed E-state index contributed by atoms with van der Waals surface area (Å²) in [5, 5.41) is 3.41. The Morgan fingerprint density at radius 1 is 1.00 bits per heavy atom. The second kappa shape index (κ2) is 12.1. The predicted octanol–water partition coefficient (Wildman–Crippen LogP) is 4.74. The molecule has 0 bridgehead atoms. The summed E-state index contributed by atoms with van der Waals surface area (Å²) in [4.78, 5) is 27.9. The number of sulfonamides is 1. The standard InChI is InChI=1S/C23H28Cl3N3O4S/c1-5-19(23(31)27-15(2)3)28(13-16-9-6-7-10-17(16)24)21(30)14-29(34(4,32)33)20-12-8-11-18(25)22(20)26/h6-12,15,19H,5,13-14H2,1-4H3,(H,27,31)/t19-/m1/s1. The first kappa shape index (κ1) is 28.2. The van der Waals surface area contributed by atoms with E-state index in [1.165, 1.54) is 17.0 Å². The molecule has 11 heteroatoms. The van der Waals surface area contributed by atoms with E-state index in [1.807, 2.05) is 13.8 Å². The lowest BCUT2D eigenvalue weighted by atomic mass is 10.1. The number of nitrogens with zero attached hydrogens (tertiary/aromatic N) is 2. The van der Waals surface area contributed by atoms with E-state index in [4.69, 9.17) is 34.8 Å². The van der Waals surface area contributed by atoms with Gasteiger partial charge in [0.2, 0.25) is 21.8 Å². The van der Waals surface area contributed by atoms with Crippen molar-refractivity contribution in [3.63, 3.8) is 0 Å². The van der Waals surface area contributed by atoms with Gasteiger partial charge >= 0.3 is 0 Å². The Morgan fingerprint density at radius 2 is 1.62 bits per heavy atom. The fraction of sp³-hybridized carbons (Fsp3) is 0.391. The third-order valence-electron chi connectivity index (χ3n) is 4.99. The van der Waals surface area contributed by atoms with Crippen LogP contribution < -0.4 is 9.62 Å². The molecule has 1 N–H and O–H groups in total. The molecule has 0 unspecified atom stereocenters. The molecule has 0 aromatic heterocycles. The Kier molecular flexibility index (Phi) is 10.1. The Hall–Kier alpha value is -2.00. The highest BCUT2D eigenvalue weighted by atomic mass is 35.5. The highest BCUT2D eigenvalue weighted by Gasteiger charge is 2.33. The van der Waals surface area contributed by atoms with Crippen LogP contribution >= 0.6 is 34.8 Å². The highest BCUT2D eigenvalue weighted by molar-refractivity contribution is 7.92. The molecule has 1 atom stereocenters. The minimum atomic E-state index is -3.92. The van der Waals surface area contributed by atoms with E-state index in [1.54, 1.807) is 37.3 Å². The molecular weight excluding hydrogens is 521 g/mol. The Balaban J connectivity index is 2.50. The van der Waals surface area contributed by atoms with Crippen LogP contribution in [0.2, 0.25) is 15.1 Å². The number of nitrogens with one attached hydrogen (secondary N) is 1. The van der Waals surface area contributed by atoms with E-state index in [0.717, 1.165) is 10.6 Å². The number of carbonyl (C=O) groups excluding carboxylic acids is 2. The molecule has 2 rings (SSSR count). The summed E-state index contributed by atoms with van der Waals surface area (Å²) in [6.07, 6.45) is 1.28. The van der Waals surface area contributed by atoms with Gasteiger partial charge in [-0.15, -0.1) is 0 Å². The van der Waals surface area contributed by atoms with Crippen LogP contribution in [0.1, 0.15) is 32.8 Å². The van der Waals surface area contributed by atoms with Crippen LogP contribution in [0.4, 0.5) is 5.69 Å². The summed E-state index contributed by atoms with van der Waals surface area (Å²) in [7, 11) is -3.92. The minimum Gasteiger partial charge on any atom is -0.352 e. The van der Waals surface area contributed by atoms with Crippen LogP contribution in [0.25, 0.3) is 0 Å². The van der Waals surface area contributed by atoms with Gasteiger partial charge in [0.25, 0.3) is 0 Å². The zero-order valence-corrected chi connectivity index (χ0v) is 22.5. The van der Waals surface area contributed by atoms with Crippen molar-refractivity contribution in [2.45, 2.75) is 45.8 Å². The first-order valence-corrected chi connectivity index (χ1v) is 13.6. The summed E-state index contributed by atoms with van der Waals surface area (Å²) in [6.45, 7) is 4.85.